The lowest BCUT2D eigenvalue weighted by atomic mass is 9.76. The van der Waals surface area contributed by atoms with Gasteiger partial charge in [-0.2, -0.15) is 0 Å². The molecule has 0 aliphatic heterocycles. The van der Waals surface area contributed by atoms with Crippen molar-refractivity contribution in [3.63, 3.8) is 0 Å². The lowest BCUT2D eigenvalue weighted by Gasteiger charge is -2.27. The van der Waals surface area contributed by atoms with Gasteiger partial charge in [0, 0.05) is 5.41 Å². The number of aryl methyl sites for hydroxylation is 2. The van der Waals surface area contributed by atoms with Gasteiger partial charge in [-0.1, -0.05) is 48.5 Å². The van der Waals surface area contributed by atoms with E-state index in [0.29, 0.717) is 5.41 Å². The summed E-state index contributed by atoms with van der Waals surface area (Å²) in [7, 11) is 0. The van der Waals surface area contributed by atoms with Gasteiger partial charge in [0.25, 0.3) is 0 Å². The Morgan fingerprint density at radius 1 is 0.944 bits per heavy atom. The first-order valence-electron chi connectivity index (χ1n) is 6.97. The Labute approximate surface area is 109 Å². The molecule has 2 aromatic rings. The highest BCUT2D eigenvalue weighted by atomic mass is 14.6. The molecule has 0 aromatic heterocycles. The first kappa shape index (κ1) is 10.4. The van der Waals surface area contributed by atoms with E-state index in [1.54, 1.807) is 16.7 Å². The highest BCUT2D eigenvalue weighted by Crippen LogP contribution is 2.64. The van der Waals surface area contributed by atoms with Crippen LogP contribution in [-0.2, 0) is 11.8 Å². The van der Waals surface area contributed by atoms with E-state index >= 15 is 0 Å². The van der Waals surface area contributed by atoms with Crippen LogP contribution in [0.3, 0.4) is 0 Å². The van der Waals surface area contributed by atoms with E-state index in [1.165, 1.54) is 24.8 Å². The molecule has 0 heteroatoms. The lowest BCUT2D eigenvalue weighted by molar-refractivity contribution is 0.594. The van der Waals surface area contributed by atoms with Crippen LogP contribution in [-0.4, -0.2) is 0 Å². The first-order chi connectivity index (χ1) is 8.82. The molecule has 90 valence electrons. The van der Waals surface area contributed by atoms with E-state index in [2.05, 4.69) is 55.5 Å². The van der Waals surface area contributed by atoms with Crippen LogP contribution in [0.2, 0.25) is 0 Å². The molecule has 2 aromatic carbocycles. The number of benzene rings is 2. The van der Waals surface area contributed by atoms with Gasteiger partial charge < -0.3 is 0 Å². The predicted octanol–water partition coefficient (Wildman–Crippen LogP) is 4.25. The molecule has 1 saturated carbocycles. The van der Waals surface area contributed by atoms with Crippen LogP contribution in [0, 0.1) is 12.8 Å². The third-order valence-electron chi connectivity index (χ3n) is 4.99. The summed E-state index contributed by atoms with van der Waals surface area (Å²) in [4.78, 5) is 0. The molecule has 2 aliphatic carbocycles. The SMILES string of the molecule is Cc1ccccc1[C@@]12C[C@@H]1CCc1ccccc12. The second kappa shape index (κ2) is 3.47. The largest absolute Gasteiger partial charge is 0.0620 e. The Morgan fingerprint density at radius 3 is 2.50 bits per heavy atom. The summed E-state index contributed by atoms with van der Waals surface area (Å²) >= 11 is 0. The van der Waals surface area contributed by atoms with Crippen LogP contribution in [0.15, 0.2) is 48.5 Å². The zero-order valence-electron chi connectivity index (χ0n) is 10.8. The summed E-state index contributed by atoms with van der Waals surface area (Å²) in [5.74, 6) is 0.883. The number of hydrogen-bond donors (Lipinski definition) is 0. The third-order valence-corrected chi connectivity index (χ3v) is 4.99. The molecular formula is C18H18. The fourth-order valence-corrected chi connectivity index (χ4v) is 4.06. The van der Waals surface area contributed by atoms with Gasteiger partial charge in [-0.3, -0.25) is 0 Å². The van der Waals surface area contributed by atoms with Crippen molar-refractivity contribution in [1.29, 1.82) is 0 Å². The molecule has 2 atom stereocenters. The van der Waals surface area contributed by atoms with Crippen LogP contribution in [0.5, 0.6) is 0 Å². The number of fused-ring (bicyclic) bond motifs is 3. The number of hydrogen-bond acceptors (Lipinski definition) is 0. The molecule has 0 radical (unpaired) electrons. The maximum Gasteiger partial charge on any atom is 0.0240 e. The van der Waals surface area contributed by atoms with Gasteiger partial charge in [0.15, 0.2) is 0 Å². The second-order valence-corrected chi connectivity index (χ2v) is 5.88. The second-order valence-electron chi connectivity index (χ2n) is 5.88. The van der Waals surface area contributed by atoms with Crippen LogP contribution < -0.4 is 0 Å². The molecular weight excluding hydrogens is 216 g/mol. The average Bonchev–Trinajstić information content (AvgIpc) is 3.15. The molecule has 0 saturated heterocycles. The summed E-state index contributed by atoms with van der Waals surface area (Å²) in [5.41, 5.74) is 6.57. The fourth-order valence-electron chi connectivity index (χ4n) is 4.06. The zero-order valence-corrected chi connectivity index (χ0v) is 10.8. The Hall–Kier alpha value is -1.56. The highest BCUT2D eigenvalue weighted by molar-refractivity contribution is 5.54. The van der Waals surface area contributed by atoms with Gasteiger partial charge >= 0.3 is 0 Å². The minimum atomic E-state index is 0.361. The van der Waals surface area contributed by atoms with E-state index < -0.39 is 0 Å². The quantitative estimate of drug-likeness (QED) is 0.692. The lowest BCUT2D eigenvalue weighted by Crippen LogP contribution is -2.20. The minimum absolute atomic E-state index is 0.361. The van der Waals surface area contributed by atoms with Crippen LogP contribution in [0.4, 0.5) is 0 Å². The zero-order chi connectivity index (χ0) is 12.2. The van der Waals surface area contributed by atoms with Gasteiger partial charge in [0.1, 0.15) is 0 Å². The van der Waals surface area contributed by atoms with Crippen LogP contribution >= 0.6 is 0 Å². The van der Waals surface area contributed by atoms with Crippen molar-refractivity contribution in [2.24, 2.45) is 5.92 Å². The summed E-state index contributed by atoms with van der Waals surface area (Å²) in [6.45, 7) is 2.26. The standard InChI is InChI=1S/C18H18/c1-13-6-2-4-8-16(13)18-12-15(18)11-10-14-7-3-5-9-17(14)18/h2-9,15H,10-12H2,1H3/t15-,18+/m0/s1. The molecule has 4 rings (SSSR count). The Morgan fingerprint density at radius 2 is 1.67 bits per heavy atom. The van der Waals surface area contributed by atoms with Crippen molar-refractivity contribution in [3.8, 4) is 0 Å². The van der Waals surface area contributed by atoms with Gasteiger partial charge in [0.2, 0.25) is 0 Å². The van der Waals surface area contributed by atoms with Crippen molar-refractivity contribution in [3.05, 3.63) is 70.8 Å². The number of rotatable bonds is 1. The predicted molar refractivity (Wildman–Crippen MR) is 74.8 cm³/mol. The molecule has 0 bridgehead atoms. The van der Waals surface area contributed by atoms with Gasteiger partial charge in [-0.25, -0.2) is 0 Å². The van der Waals surface area contributed by atoms with E-state index in [9.17, 15) is 0 Å². The molecule has 0 N–H and O–H groups in total. The molecule has 0 spiro atoms. The van der Waals surface area contributed by atoms with Crippen molar-refractivity contribution in [1.82, 2.24) is 0 Å². The molecule has 0 nitrogen and oxygen atoms in total. The van der Waals surface area contributed by atoms with Crippen molar-refractivity contribution >= 4 is 0 Å². The minimum Gasteiger partial charge on any atom is -0.0620 e. The maximum absolute atomic E-state index is 2.36. The summed E-state index contributed by atoms with van der Waals surface area (Å²) in [6, 6.07) is 18.0. The summed E-state index contributed by atoms with van der Waals surface area (Å²) in [6.07, 6.45) is 3.99. The van der Waals surface area contributed by atoms with Crippen molar-refractivity contribution < 1.29 is 0 Å². The average molecular weight is 234 g/mol. The van der Waals surface area contributed by atoms with Gasteiger partial charge in [-0.15, -0.1) is 0 Å². The Bertz CT molecular complexity index is 611. The molecule has 0 unspecified atom stereocenters. The molecule has 0 heterocycles. The third kappa shape index (κ3) is 1.21. The maximum atomic E-state index is 2.36. The van der Waals surface area contributed by atoms with E-state index in [1.807, 2.05) is 0 Å². The topological polar surface area (TPSA) is 0 Å². The van der Waals surface area contributed by atoms with Gasteiger partial charge in [-0.05, 0) is 54.4 Å². The van der Waals surface area contributed by atoms with Crippen molar-refractivity contribution in [2.45, 2.75) is 31.6 Å². The fraction of sp³-hybridized carbons (Fsp3) is 0.333. The van der Waals surface area contributed by atoms with Crippen LogP contribution in [0.25, 0.3) is 0 Å². The Balaban J connectivity index is 1.95. The van der Waals surface area contributed by atoms with Crippen molar-refractivity contribution in [2.75, 3.05) is 0 Å². The van der Waals surface area contributed by atoms with Gasteiger partial charge in [0.05, 0.1) is 0 Å². The molecule has 0 amide bonds. The summed E-state index contributed by atoms with van der Waals surface area (Å²) < 4.78 is 0. The molecule has 1 fully saturated rings. The van der Waals surface area contributed by atoms with E-state index in [0.717, 1.165) is 5.92 Å². The monoisotopic (exact) mass is 234 g/mol. The first-order valence-corrected chi connectivity index (χ1v) is 6.97. The highest BCUT2D eigenvalue weighted by Gasteiger charge is 2.58. The van der Waals surface area contributed by atoms with E-state index in [4.69, 9.17) is 0 Å². The van der Waals surface area contributed by atoms with Crippen LogP contribution in [0.1, 0.15) is 35.1 Å². The molecule has 18 heavy (non-hydrogen) atoms. The smallest absolute Gasteiger partial charge is 0.0240 e. The molecule has 2 aliphatic rings. The summed E-state index contributed by atoms with van der Waals surface area (Å²) in [5, 5.41) is 0. The normalized spacial score (nSPS) is 28.4. The Kier molecular flexibility index (Phi) is 2.00. The van der Waals surface area contributed by atoms with E-state index in [-0.39, 0.29) is 0 Å².